The van der Waals surface area contributed by atoms with Gasteiger partial charge in [0.1, 0.15) is 11.9 Å². The third-order valence-corrected chi connectivity index (χ3v) is 5.90. The number of anilines is 1. The number of aromatic nitrogens is 1. The molecule has 0 unspecified atom stereocenters. The first kappa shape index (κ1) is 19.3. The Morgan fingerprint density at radius 1 is 1.32 bits per heavy atom. The highest BCUT2D eigenvalue weighted by Crippen LogP contribution is 2.41. The van der Waals surface area contributed by atoms with Gasteiger partial charge in [0.05, 0.1) is 11.3 Å². The number of fused-ring (bicyclic) bond motifs is 1. The highest BCUT2D eigenvalue weighted by Gasteiger charge is 2.25. The maximum atomic E-state index is 13.9. The van der Waals surface area contributed by atoms with Crippen molar-refractivity contribution in [3.63, 3.8) is 0 Å². The molecule has 1 aliphatic rings. The van der Waals surface area contributed by atoms with E-state index in [0.717, 1.165) is 36.9 Å². The summed E-state index contributed by atoms with van der Waals surface area (Å²) in [6.07, 6.45) is 4.87. The van der Waals surface area contributed by atoms with Crippen molar-refractivity contribution in [2.24, 2.45) is 0 Å². The van der Waals surface area contributed by atoms with Gasteiger partial charge in [-0.3, -0.25) is 0 Å². The highest BCUT2D eigenvalue weighted by molar-refractivity contribution is 6.36. The van der Waals surface area contributed by atoms with E-state index in [1.165, 1.54) is 12.1 Å². The number of rotatable bonds is 4. The lowest BCUT2D eigenvalue weighted by Crippen LogP contribution is -2.26. The van der Waals surface area contributed by atoms with Gasteiger partial charge in [0.15, 0.2) is 11.4 Å². The fourth-order valence-corrected chi connectivity index (χ4v) is 4.39. The predicted octanol–water partition coefficient (Wildman–Crippen LogP) is 5.46. The van der Waals surface area contributed by atoms with Gasteiger partial charge in [-0.05, 0) is 50.9 Å². The molecule has 0 radical (unpaired) electrons. The van der Waals surface area contributed by atoms with Gasteiger partial charge in [-0.1, -0.05) is 23.2 Å². The molecule has 0 spiro atoms. The minimum Gasteiger partial charge on any atom is -0.478 e. The Hall–Kier alpha value is -2.02. The Balaban J connectivity index is 1.72. The zero-order valence-corrected chi connectivity index (χ0v) is 16.8. The Morgan fingerprint density at radius 2 is 2.07 bits per heavy atom. The van der Waals surface area contributed by atoms with Crippen molar-refractivity contribution in [3.8, 4) is 5.75 Å². The van der Waals surface area contributed by atoms with Crippen LogP contribution in [0.15, 0.2) is 29.0 Å². The summed E-state index contributed by atoms with van der Waals surface area (Å²) in [5.41, 5.74) is 8.04. The van der Waals surface area contributed by atoms with Gasteiger partial charge < -0.3 is 20.2 Å². The largest absolute Gasteiger partial charge is 0.478 e. The lowest BCUT2D eigenvalue weighted by atomic mass is 9.90. The number of piperidine rings is 1. The van der Waals surface area contributed by atoms with Gasteiger partial charge >= 0.3 is 0 Å². The third kappa shape index (κ3) is 3.41. The zero-order chi connectivity index (χ0) is 19.8. The maximum absolute atomic E-state index is 13.9. The van der Waals surface area contributed by atoms with E-state index in [2.05, 4.69) is 10.3 Å². The zero-order valence-electron chi connectivity index (χ0n) is 15.3. The first-order valence-electron chi connectivity index (χ1n) is 9.13. The van der Waals surface area contributed by atoms with Crippen molar-refractivity contribution in [2.75, 3.05) is 18.8 Å². The van der Waals surface area contributed by atoms with E-state index < -0.39 is 11.9 Å². The van der Waals surface area contributed by atoms with Crippen LogP contribution in [-0.2, 0) is 0 Å². The summed E-state index contributed by atoms with van der Waals surface area (Å²) in [6.45, 7) is 3.66. The predicted molar refractivity (Wildman–Crippen MR) is 109 cm³/mol. The summed E-state index contributed by atoms with van der Waals surface area (Å²) in [4.78, 5) is 4.28. The number of nitrogens with zero attached hydrogens (tertiary/aromatic N) is 1. The van der Waals surface area contributed by atoms with Crippen LogP contribution in [0.25, 0.3) is 11.0 Å². The molecular weight excluding hydrogens is 404 g/mol. The van der Waals surface area contributed by atoms with Crippen LogP contribution in [0.5, 0.6) is 5.75 Å². The number of hydrogen-bond donors (Lipinski definition) is 2. The number of ether oxygens (including phenoxy) is 1. The SMILES string of the molecule is C[C@@H](Oc1c(N)ncc2c(C3CCNCC3)coc12)c1c(Cl)ccc(F)c1Cl. The van der Waals surface area contributed by atoms with Crippen molar-refractivity contribution < 1.29 is 13.5 Å². The summed E-state index contributed by atoms with van der Waals surface area (Å²) < 4.78 is 25.8. The number of benzene rings is 1. The van der Waals surface area contributed by atoms with Gasteiger partial charge in [0.25, 0.3) is 0 Å². The van der Waals surface area contributed by atoms with E-state index in [9.17, 15) is 4.39 Å². The van der Waals surface area contributed by atoms with E-state index >= 15 is 0 Å². The first-order valence-corrected chi connectivity index (χ1v) is 9.89. The molecule has 28 heavy (non-hydrogen) atoms. The van der Waals surface area contributed by atoms with Crippen LogP contribution in [-0.4, -0.2) is 18.1 Å². The molecule has 3 heterocycles. The Kier molecular flexibility index (Phi) is 5.36. The average Bonchev–Trinajstić information content (AvgIpc) is 3.12. The fourth-order valence-electron chi connectivity index (χ4n) is 3.71. The molecule has 0 bridgehead atoms. The van der Waals surface area contributed by atoms with E-state index in [1.807, 2.05) is 0 Å². The summed E-state index contributed by atoms with van der Waals surface area (Å²) >= 11 is 12.3. The molecule has 148 valence electrons. The second kappa shape index (κ2) is 7.78. The van der Waals surface area contributed by atoms with Crippen molar-refractivity contribution in [1.82, 2.24) is 10.3 Å². The maximum Gasteiger partial charge on any atom is 0.205 e. The van der Waals surface area contributed by atoms with Gasteiger partial charge in [-0.15, -0.1) is 0 Å². The molecular formula is C20H20Cl2FN3O2. The summed E-state index contributed by atoms with van der Waals surface area (Å²) in [6, 6.07) is 2.66. The number of halogens is 3. The lowest BCUT2D eigenvalue weighted by Gasteiger charge is -2.22. The standard InChI is InChI=1S/C20H20Cl2FN3O2/c1-10(16-14(21)2-3-15(23)17(16)22)28-19-18-12(8-26-20(19)24)13(9-27-18)11-4-6-25-7-5-11/h2-3,8-11,25H,4-7H2,1H3,(H2,24,26)/t10-/m1/s1. The molecule has 0 amide bonds. The van der Waals surface area contributed by atoms with Crippen LogP contribution < -0.4 is 15.8 Å². The van der Waals surface area contributed by atoms with Crippen LogP contribution in [0.4, 0.5) is 10.2 Å². The average molecular weight is 424 g/mol. The molecule has 5 nitrogen and oxygen atoms in total. The molecule has 2 aromatic heterocycles. The fraction of sp³-hybridized carbons (Fsp3) is 0.350. The molecule has 8 heteroatoms. The normalized spacial score (nSPS) is 16.4. The molecule has 1 fully saturated rings. The first-order chi connectivity index (χ1) is 13.5. The number of nitrogens with two attached hydrogens (primary N) is 1. The monoisotopic (exact) mass is 423 g/mol. The van der Waals surface area contributed by atoms with Crippen LogP contribution in [0.3, 0.4) is 0 Å². The second-order valence-electron chi connectivity index (χ2n) is 6.95. The van der Waals surface area contributed by atoms with Crippen molar-refractivity contribution in [3.05, 3.63) is 51.6 Å². The Labute approximate surface area is 172 Å². The van der Waals surface area contributed by atoms with Gasteiger partial charge in [-0.25, -0.2) is 9.37 Å². The molecule has 4 rings (SSSR count). The van der Waals surface area contributed by atoms with Crippen LogP contribution in [0, 0.1) is 5.82 Å². The highest BCUT2D eigenvalue weighted by atomic mass is 35.5. The number of hydrogen-bond acceptors (Lipinski definition) is 5. The number of nitrogen functional groups attached to an aromatic ring is 1. The molecule has 1 aromatic carbocycles. The molecule has 1 aliphatic heterocycles. The number of furan rings is 1. The topological polar surface area (TPSA) is 73.3 Å². The second-order valence-corrected chi connectivity index (χ2v) is 7.73. The Morgan fingerprint density at radius 3 is 2.82 bits per heavy atom. The van der Waals surface area contributed by atoms with Crippen LogP contribution in [0.1, 0.15) is 42.9 Å². The van der Waals surface area contributed by atoms with Gasteiger partial charge in [0, 0.05) is 27.7 Å². The molecule has 0 saturated carbocycles. The minimum absolute atomic E-state index is 0.0754. The molecule has 3 aromatic rings. The quantitative estimate of drug-likeness (QED) is 0.544. The van der Waals surface area contributed by atoms with E-state index in [-0.39, 0.29) is 10.8 Å². The summed E-state index contributed by atoms with van der Waals surface area (Å²) in [5.74, 6) is 0.327. The van der Waals surface area contributed by atoms with Gasteiger partial charge in [0.2, 0.25) is 5.75 Å². The summed E-state index contributed by atoms with van der Waals surface area (Å²) in [5, 5.41) is 4.47. The van der Waals surface area contributed by atoms with Crippen molar-refractivity contribution >= 4 is 40.0 Å². The number of nitrogens with one attached hydrogen (secondary N) is 1. The van der Waals surface area contributed by atoms with Crippen molar-refractivity contribution in [1.29, 1.82) is 0 Å². The molecule has 0 aliphatic carbocycles. The molecule has 3 N–H and O–H groups in total. The Bertz CT molecular complexity index is 1020. The summed E-state index contributed by atoms with van der Waals surface area (Å²) in [7, 11) is 0. The smallest absolute Gasteiger partial charge is 0.205 e. The molecule has 1 atom stereocenters. The lowest BCUT2D eigenvalue weighted by molar-refractivity contribution is 0.227. The minimum atomic E-state index is -0.655. The molecule has 1 saturated heterocycles. The van der Waals surface area contributed by atoms with Crippen LogP contribution >= 0.6 is 23.2 Å². The van der Waals surface area contributed by atoms with E-state index in [0.29, 0.717) is 27.8 Å². The number of pyridine rings is 1. The van der Waals surface area contributed by atoms with E-state index in [1.54, 1.807) is 19.4 Å². The van der Waals surface area contributed by atoms with Crippen LogP contribution in [0.2, 0.25) is 10.0 Å². The van der Waals surface area contributed by atoms with Crippen molar-refractivity contribution in [2.45, 2.75) is 31.8 Å². The third-order valence-electron chi connectivity index (χ3n) is 5.19. The van der Waals surface area contributed by atoms with E-state index in [4.69, 9.17) is 38.1 Å². The van der Waals surface area contributed by atoms with Gasteiger partial charge in [-0.2, -0.15) is 0 Å².